The van der Waals surface area contributed by atoms with E-state index in [0.717, 1.165) is 5.56 Å². The summed E-state index contributed by atoms with van der Waals surface area (Å²) in [5.74, 6) is -1.75. The number of imide groups is 1. The molecular weight excluding hydrogens is 336 g/mol. The van der Waals surface area contributed by atoms with Crippen molar-refractivity contribution in [2.75, 3.05) is 20.8 Å². The summed E-state index contributed by atoms with van der Waals surface area (Å²) in [5.41, 5.74) is -0.375. The number of methoxy groups -OCH3 is 2. The number of benzene rings is 1. The number of nitrogens with one attached hydrogen (secondary N) is 1. The zero-order chi connectivity index (χ0) is 19.1. The van der Waals surface area contributed by atoms with Crippen LogP contribution in [0.25, 0.3) is 0 Å². The Bertz CT molecular complexity index is 732. The molecule has 2 saturated heterocycles. The minimum absolute atomic E-state index is 0.241. The van der Waals surface area contributed by atoms with Gasteiger partial charge in [-0.3, -0.25) is 24.6 Å². The summed E-state index contributed by atoms with van der Waals surface area (Å²) in [7, 11) is 2.88. The number of fused-ring (bicyclic) bond motifs is 1. The smallest absolute Gasteiger partial charge is 0.326 e. The van der Waals surface area contributed by atoms with Gasteiger partial charge in [-0.15, -0.1) is 0 Å². The summed E-state index contributed by atoms with van der Waals surface area (Å²) in [6.45, 7) is 3.88. The monoisotopic (exact) mass is 360 g/mol. The summed E-state index contributed by atoms with van der Waals surface area (Å²) in [5, 5.41) is 3.28. The molecule has 0 aliphatic carbocycles. The van der Waals surface area contributed by atoms with Crippen LogP contribution in [-0.4, -0.2) is 49.0 Å². The highest BCUT2D eigenvalue weighted by Crippen LogP contribution is 2.50. The molecule has 7 heteroatoms. The van der Waals surface area contributed by atoms with Gasteiger partial charge in [0.05, 0.1) is 26.1 Å². The fraction of sp³-hybridized carbons (Fsp3) is 0.526. The average Bonchev–Trinajstić information content (AvgIpc) is 3.15. The first-order valence-electron chi connectivity index (χ1n) is 8.80. The Labute approximate surface area is 152 Å². The van der Waals surface area contributed by atoms with Gasteiger partial charge in [0.25, 0.3) is 0 Å². The fourth-order valence-electron chi connectivity index (χ4n) is 4.31. The molecule has 26 heavy (non-hydrogen) atoms. The molecule has 1 N–H and O–H groups in total. The zero-order valence-corrected chi connectivity index (χ0v) is 15.4. The first-order valence-corrected chi connectivity index (χ1v) is 8.80. The molecule has 1 aromatic carbocycles. The summed E-state index contributed by atoms with van der Waals surface area (Å²) >= 11 is 0. The van der Waals surface area contributed by atoms with Gasteiger partial charge < -0.3 is 9.47 Å². The van der Waals surface area contributed by atoms with Crippen LogP contribution in [0.2, 0.25) is 0 Å². The largest absolute Gasteiger partial charge is 0.497 e. The van der Waals surface area contributed by atoms with Crippen molar-refractivity contribution in [3.05, 3.63) is 29.8 Å². The highest BCUT2D eigenvalue weighted by atomic mass is 16.5. The standard InChI is InChI=1S/C19H24N2O5/c1-5-19(18(24)26-4)14-13(16(22)21(6-2)17(14)23)15(20-19)11-7-9-12(25-3)10-8-11/h7-10,13-15,20H,5-6H2,1-4H3. The predicted molar refractivity (Wildman–Crippen MR) is 93.3 cm³/mol. The molecule has 0 radical (unpaired) electrons. The third-order valence-electron chi connectivity index (χ3n) is 5.64. The van der Waals surface area contributed by atoms with Crippen LogP contribution < -0.4 is 10.1 Å². The number of carbonyl (C=O) groups is 3. The molecule has 7 nitrogen and oxygen atoms in total. The van der Waals surface area contributed by atoms with Crippen LogP contribution in [0.3, 0.4) is 0 Å². The van der Waals surface area contributed by atoms with Crippen LogP contribution in [0.1, 0.15) is 31.9 Å². The van der Waals surface area contributed by atoms with E-state index in [-0.39, 0.29) is 11.8 Å². The lowest BCUT2D eigenvalue weighted by Gasteiger charge is -2.31. The third kappa shape index (κ3) is 2.41. The molecule has 0 aromatic heterocycles. The van der Waals surface area contributed by atoms with E-state index in [9.17, 15) is 14.4 Å². The van der Waals surface area contributed by atoms with E-state index in [1.54, 1.807) is 26.2 Å². The molecule has 0 spiro atoms. The average molecular weight is 360 g/mol. The molecule has 2 fully saturated rings. The Kier molecular flexibility index (Phi) is 4.75. The molecule has 2 aliphatic rings. The number of hydrogen-bond acceptors (Lipinski definition) is 6. The van der Waals surface area contributed by atoms with Gasteiger partial charge in [0, 0.05) is 12.6 Å². The highest BCUT2D eigenvalue weighted by molar-refractivity contribution is 6.09. The van der Waals surface area contributed by atoms with Crippen molar-refractivity contribution in [3.8, 4) is 5.75 Å². The Morgan fingerprint density at radius 1 is 1.15 bits per heavy atom. The number of carbonyl (C=O) groups excluding carboxylic acids is 3. The minimum Gasteiger partial charge on any atom is -0.497 e. The van der Waals surface area contributed by atoms with Crippen molar-refractivity contribution < 1.29 is 23.9 Å². The number of ether oxygens (including phenoxy) is 2. The number of rotatable bonds is 5. The van der Waals surface area contributed by atoms with E-state index < -0.39 is 29.4 Å². The van der Waals surface area contributed by atoms with E-state index in [4.69, 9.17) is 9.47 Å². The summed E-state index contributed by atoms with van der Waals surface area (Å²) in [6.07, 6.45) is 0.351. The number of amides is 2. The number of hydrogen-bond donors (Lipinski definition) is 1. The van der Waals surface area contributed by atoms with Gasteiger partial charge in [-0.1, -0.05) is 19.1 Å². The highest BCUT2D eigenvalue weighted by Gasteiger charge is 2.67. The SMILES string of the molecule is CCN1C(=O)C2C(c3ccc(OC)cc3)NC(CC)(C(=O)OC)C2C1=O. The maximum atomic E-state index is 12.9. The normalized spacial score (nSPS) is 30.5. The van der Waals surface area contributed by atoms with Crippen molar-refractivity contribution in [2.45, 2.75) is 31.8 Å². The fourth-order valence-corrected chi connectivity index (χ4v) is 4.31. The van der Waals surface area contributed by atoms with Gasteiger partial charge in [0.1, 0.15) is 11.3 Å². The molecule has 4 atom stereocenters. The number of esters is 1. The molecule has 3 rings (SSSR count). The van der Waals surface area contributed by atoms with Crippen LogP contribution in [-0.2, 0) is 19.1 Å². The van der Waals surface area contributed by atoms with Gasteiger partial charge >= 0.3 is 5.97 Å². The van der Waals surface area contributed by atoms with Crippen molar-refractivity contribution in [1.29, 1.82) is 0 Å². The Morgan fingerprint density at radius 3 is 2.31 bits per heavy atom. The Hall–Kier alpha value is -2.41. The van der Waals surface area contributed by atoms with Crippen molar-refractivity contribution in [1.82, 2.24) is 10.2 Å². The summed E-state index contributed by atoms with van der Waals surface area (Å²) in [4.78, 5) is 39.8. The maximum Gasteiger partial charge on any atom is 0.326 e. The molecule has 1 aromatic rings. The molecule has 0 bridgehead atoms. The molecule has 0 saturated carbocycles. The second-order valence-electron chi connectivity index (χ2n) is 6.64. The van der Waals surface area contributed by atoms with Crippen LogP contribution in [0.4, 0.5) is 0 Å². The molecule has 4 unspecified atom stereocenters. The van der Waals surface area contributed by atoms with Crippen LogP contribution in [0.15, 0.2) is 24.3 Å². The molecule has 2 heterocycles. The van der Waals surface area contributed by atoms with E-state index in [2.05, 4.69) is 5.32 Å². The first-order chi connectivity index (χ1) is 12.4. The summed E-state index contributed by atoms with van der Waals surface area (Å²) < 4.78 is 10.2. The van der Waals surface area contributed by atoms with Crippen LogP contribution in [0.5, 0.6) is 5.75 Å². The van der Waals surface area contributed by atoms with Crippen molar-refractivity contribution in [3.63, 3.8) is 0 Å². The topological polar surface area (TPSA) is 84.9 Å². The lowest BCUT2D eigenvalue weighted by atomic mass is 9.78. The van der Waals surface area contributed by atoms with Crippen LogP contribution in [0, 0.1) is 11.8 Å². The lowest BCUT2D eigenvalue weighted by molar-refractivity contribution is -0.154. The van der Waals surface area contributed by atoms with E-state index in [1.807, 2.05) is 19.1 Å². The second kappa shape index (κ2) is 6.72. The van der Waals surface area contributed by atoms with Gasteiger partial charge in [-0.25, -0.2) is 0 Å². The zero-order valence-electron chi connectivity index (χ0n) is 15.4. The van der Waals surface area contributed by atoms with E-state index >= 15 is 0 Å². The second-order valence-corrected chi connectivity index (χ2v) is 6.64. The Balaban J connectivity index is 2.10. The van der Waals surface area contributed by atoms with E-state index in [0.29, 0.717) is 18.7 Å². The van der Waals surface area contributed by atoms with Gasteiger partial charge in [-0.05, 0) is 31.0 Å². The first kappa shape index (κ1) is 18.4. The number of likely N-dealkylation sites (tertiary alicyclic amines) is 1. The predicted octanol–water partition coefficient (Wildman–Crippen LogP) is 1.28. The van der Waals surface area contributed by atoms with Crippen LogP contribution >= 0.6 is 0 Å². The quantitative estimate of drug-likeness (QED) is 0.629. The van der Waals surface area contributed by atoms with E-state index in [1.165, 1.54) is 12.0 Å². The van der Waals surface area contributed by atoms with Gasteiger partial charge in [0.15, 0.2) is 0 Å². The minimum atomic E-state index is -1.21. The molecule has 2 amide bonds. The Morgan fingerprint density at radius 2 is 1.81 bits per heavy atom. The van der Waals surface area contributed by atoms with Gasteiger partial charge in [0.2, 0.25) is 11.8 Å². The molecular formula is C19H24N2O5. The number of nitrogens with zero attached hydrogens (tertiary/aromatic N) is 1. The van der Waals surface area contributed by atoms with Crippen molar-refractivity contribution >= 4 is 17.8 Å². The molecule has 140 valence electrons. The summed E-state index contributed by atoms with van der Waals surface area (Å²) in [6, 6.07) is 6.86. The lowest BCUT2D eigenvalue weighted by Crippen LogP contribution is -2.55. The maximum absolute atomic E-state index is 12.9. The van der Waals surface area contributed by atoms with Crippen molar-refractivity contribution in [2.24, 2.45) is 11.8 Å². The molecule has 2 aliphatic heterocycles. The van der Waals surface area contributed by atoms with Gasteiger partial charge in [-0.2, -0.15) is 0 Å². The third-order valence-corrected chi connectivity index (χ3v) is 5.64.